The van der Waals surface area contributed by atoms with E-state index in [9.17, 15) is 13.2 Å². The zero-order valence-corrected chi connectivity index (χ0v) is 9.00. The molecule has 2 N–H and O–H groups in total. The van der Waals surface area contributed by atoms with Crippen molar-refractivity contribution in [3.8, 4) is 5.88 Å². The van der Waals surface area contributed by atoms with Crippen molar-refractivity contribution in [3.63, 3.8) is 0 Å². The summed E-state index contributed by atoms with van der Waals surface area (Å²) in [5.41, 5.74) is 5.30. The molecule has 4 nitrogen and oxygen atoms in total. The van der Waals surface area contributed by atoms with Gasteiger partial charge in [-0.2, -0.15) is 18.2 Å². The molecule has 7 heteroatoms. The summed E-state index contributed by atoms with van der Waals surface area (Å²) in [6, 6.07) is 1.22. The Kier molecular flexibility index (Phi) is 3.08. The Labute approximate surface area is 96.0 Å². The average Bonchev–Trinajstić information content (AvgIpc) is 2.68. The summed E-state index contributed by atoms with van der Waals surface area (Å²) in [6.07, 6.45) is -0.945. The fourth-order valence-electron chi connectivity index (χ4n) is 1.81. The molecule has 1 aliphatic rings. The lowest BCUT2D eigenvalue weighted by Crippen LogP contribution is -2.16. The highest BCUT2D eigenvalue weighted by atomic mass is 19.4. The lowest BCUT2D eigenvalue weighted by molar-refractivity contribution is -0.145. The molecule has 0 unspecified atom stereocenters. The van der Waals surface area contributed by atoms with Crippen LogP contribution in [0.25, 0.3) is 0 Å². The maximum atomic E-state index is 12.4. The molecule has 0 bridgehead atoms. The number of nitrogen functional groups attached to an aromatic ring is 1. The van der Waals surface area contributed by atoms with E-state index >= 15 is 0 Å². The number of anilines is 1. The SMILES string of the molecule is Nc1cc(OC2CCCC2)nc(C(F)(F)F)n1. The summed E-state index contributed by atoms with van der Waals surface area (Å²) in [6.45, 7) is 0. The third kappa shape index (κ3) is 2.98. The average molecular weight is 247 g/mol. The van der Waals surface area contributed by atoms with Gasteiger partial charge in [0.1, 0.15) is 11.9 Å². The first-order valence-electron chi connectivity index (χ1n) is 5.33. The van der Waals surface area contributed by atoms with Gasteiger partial charge in [0.15, 0.2) is 0 Å². The fourth-order valence-corrected chi connectivity index (χ4v) is 1.81. The summed E-state index contributed by atoms with van der Waals surface area (Å²) in [5, 5.41) is 0. The molecule has 0 atom stereocenters. The first kappa shape index (κ1) is 11.9. The summed E-state index contributed by atoms with van der Waals surface area (Å²) < 4.78 is 42.6. The maximum absolute atomic E-state index is 12.4. The van der Waals surface area contributed by atoms with Gasteiger partial charge in [0.05, 0.1) is 0 Å². The molecule has 1 aromatic heterocycles. The number of nitrogens with zero attached hydrogens (tertiary/aromatic N) is 2. The Balaban J connectivity index is 2.19. The molecular weight excluding hydrogens is 235 g/mol. The first-order valence-corrected chi connectivity index (χ1v) is 5.33. The van der Waals surface area contributed by atoms with Crippen LogP contribution in [0.1, 0.15) is 31.5 Å². The number of aromatic nitrogens is 2. The predicted octanol–water partition coefficient (Wildman–Crippen LogP) is 2.40. The van der Waals surface area contributed by atoms with Crippen molar-refractivity contribution in [3.05, 3.63) is 11.9 Å². The van der Waals surface area contributed by atoms with Crippen molar-refractivity contribution in [2.45, 2.75) is 38.0 Å². The van der Waals surface area contributed by atoms with Crippen LogP contribution < -0.4 is 10.5 Å². The zero-order valence-electron chi connectivity index (χ0n) is 9.00. The van der Waals surface area contributed by atoms with Crippen LogP contribution in [0.4, 0.5) is 19.0 Å². The minimum Gasteiger partial charge on any atom is -0.474 e. The van der Waals surface area contributed by atoms with E-state index < -0.39 is 12.0 Å². The van der Waals surface area contributed by atoms with Gasteiger partial charge in [-0.1, -0.05) is 0 Å². The summed E-state index contributed by atoms with van der Waals surface area (Å²) >= 11 is 0. The van der Waals surface area contributed by atoms with E-state index in [1.165, 1.54) is 6.07 Å². The zero-order chi connectivity index (χ0) is 12.5. The van der Waals surface area contributed by atoms with Crippen molar-refractivity contribution < 1.29 is 17.9 Å². The van der Waals surface area contributed by atoms with E-state index in [0.29, 0.717) is 0 Å². The van der Waals surface area contributed by atoms with E-state index in [-0.39, 0.29) is 17.8 Å². The molecule has 0 aliphatic heterocycles. The fraction of sp³-hybridized carbons (Fsp3) is 0.600. The number of ether oxygens (including phenoxy) is 1. The number of hydrogen-bond acceptors (Lipinski definition) is 4. The van der Waals surface area contributed by atoms with Gasteiger partial charge in [-0.3, -0.25) is 0 Å². The molecule has 2 rings (SSSR count). The van der Waals surface area contributed by atoms with E-state index in [4.69, 9.17) is 10.5 Å². The second-order valence-electron chi connectivity index (χ2n) is 3.98. The predicted molar refractivity (Wildman–Crippen MR) is 54.3 cm³/mol. The Bertz CT molecular complexity index is 402. The van der Waals surface area contributed by atoms with Crippen LogP contribution in [0, 0.1) is 0 Å². The Morgan fingerprint density at radius 3 is 2.47 bits per heavy atom. The summed E-state index contributed by atoms with van der Waals surface area (Å²) in [5.74, 6) is -1.59. The molecule has 1 saturated carbocycles. The monoisotopic (exact) mass is 247 g/mol. The normalized spacial score (nSPS) is 17.4. The minimum absolute atomic E-state index is 0.0645. The number of hydrogen-bond donors (Lipinski definition) is 1. The number of nitrogens with two attached hydrogens (primary N) is 1. The second-order valence-corrected chi connectivity index (χ2v) is 3.98. The van der Waals surface area contributed by atoms with Crippen LogP contribution in [-0.2, 0) is 6.18 Å². The molecule has 1 heterocycles. The van der Waals surface area contributed by atoms with Crippen LogP contribution in [-0.4, -0.2) is 16.1 Å². The van der Waals surface area contributed by atoms with Crippen LogP contribution >= 0.6 is 0 Å². The van der Waals surface area contributed by atoms with Gasteiger partial charge < -0.3 is 10.5 Å². The lowest BCUT2D eigenvalue weighted by Gasteiger charge is -2.13. The van der Waals surface area contributed by atoms with Crippen molar-refractivity contribution in [2.24, 2.45) is 0 Å². The molecule has 17 heavy (non-hydrogen) atoms. The summed E-state index contributed by atoms with van der Waals surface area (Å²) in [7, 11) is 0. The third-order valence-corrected chi connectivity index (χ3v) is 2.57. The van der Waals surface area contributed by atoms with Crippen molar-refractivity contribution >= 4 is 5.82 Å². The van der Waals surface area contributed by atoms with Gasteiger partial charge >= 0.3 is 6.18 Å². The standard InChI is InChI=1S/C10H12F3N3O/c11-10(12,13)9-15-7(14)5-8(16-9)17-6-3-1-2-4-6/h5-6H,1-4H2,(H2,14,15,16). The minimum atomic E-state index is -4.61. The molecule has 94 valence electrons. The molecule has 0 saturated heterocycles. The highest BCUT2D eigenvalue weighted by molar-refractivity contribution is 5.33. The maximum Gasteiger partial charge on any atom is 0.451 e. The topological polar surface area (TPSA) is 61.0 Å². The van der Waals surface area contributed by atoms with E-state index in [1.807, 2.05) is 0 Å². The van der Waals surface area contributed by atoms with Gasteiger partial charge in [-0.25, -0.2) is 4.98 Å². The molecule has 1 fully saturated rings. The van der Waals surface area contributed by atoms with Gasteiger partial charge in [0.25, 0.3) is 0 Å². The van der Waals surface area contributed by atoms with Gasteiger partial charge in [0.2, 0.25) is 11.7 Å². The summed E-state index contributed by atoms with van der Waals surface area (Å²) in [4.78, 5) is 6.47. The number of halogens is 3. The van der Waals surface area contributed by atoms with Gasteiger partial charge in [-0.05, 0) is 25.7 Å². The van der Waals surface area contributed by atoms with Crippen molar-refractivity contribution in [1.29, 1.82) is 0 Å². The quantitative estimate of drug-likeness (QED) is 0.871. The number of alkyl halides is 3. The molecule has 0 spiro atoms. The van der Waals surface area contributed by atoms with Gasteiger partial charge in [-0.15, -0.1) is 0 Å². The molecule has 0 amide bonds. The lowest BCUT2D eigenvalue weighted by atomic mass is 10.3. The largest absolute Gasteiger partial charge is 0.474 e. The smallest absolute Gasteiger partial charge is 0.451 e. The van der Waals surface area contributed by atoms with Crippen molar-refractivity contribution in [2.75, 3.05) is 5.73 Å². The van der Waals surface area contributed by atoms with Gasteiger partial charge in [0, 0.05) is 6.07 Å². The highest BCUT2D eigenvalue weighted by Crippen LogP contribution is 2.29. The Morgan fingerprint density at radius 2 is 1.88 bits per heavy atom. The molecule has 1 aliphatic carbocycles. The van der Waals surface area contributed by atoms with E-state index in [0.717, 1.165) is 25.7 Å². The second kappa shape index (κ2) is 4.38. The first-order chi connectivity index (χ1) is 7.95. The molecule has 0 aromatic carbocycles. The third-order valence-electron chi connectivity index (χ3n) is 2.57. The van der Waals surface area contributed by atoms with Crippen LogP contribution in [0.15, 0.2) is 6.07 Å². The van der Waals surface area contributed by atoms with Crippen LogP contribution in [0.3, 0.4) is 0 Å². The number of rotatable bonds is 2. The molecular formula is C10H12F3N3O. The van der Waals surface area contributed by atoms with Crippen molar-refractivity contribution in [1.82, 2.24) is 9.97 Å². The van der Waals surface area contributed by atoms with E-state index in [2.05, 4.69) is 9.97 Å². The van der Waals surface area contributed by atoms with Crippen LogP contribution in [0.2, 0.25) is 0 Å². The van der Waals surface area contributed by atoms with E-state index in [1.54, 1.807) is 0 Å². The molecule has 1 aromatic rings. The Hall–Kier alpha value is -1.53. The Morgan fingerprint density at radius 1 is 1.24 bits per heavy atom. The van der Waals surface area contributed by atoms with Crippen LogP contribution in [0.5, 0.6) is 5.88 Å². The highest BCUT2D eigenvalue weighted by Gasteiger charge is 2.35. The molecule has 0 radical (unpaired) electrons.